The molecule has 0 spiro atoms. The summed E-state index contributed by atoms with van der Waals surface area (Å²) >= 11 is 0. The highest BCUT2D eigenvalue weighted by molar-refractivity contribution is 5.84. The van der Waals surface area contributed by atoms with E-state index in [4.69, 9.17) is 0 Å². The highest BCUT2D eigenvalue weighted by Gasteiger charge is 2.04. The summed E-state index contributed by atoms with van der Waals surface area (Å²) in [6, 6.07) is 0. The van der Waals surface area contributed by atoms with E-state index in [9.17, 15) is 0 Å². The second kappa shape index (κ2) is 2.71. The van der Waals surface area contributed by atoms with Gasteiger partial charge in [-0.3, -0.25) is 4.99 Å². The first kappa shape index (κ1) is 6.39. The quantitative estimate of drug-likeness (QED) is 0.509. The van der Waals surface area contributed by atoms with Crippen LogP contribution in [0.3, 0.4) is 0 Å². The molecule has 1 aliphatic heterocycles. The lowest BCUT2D eigenvalue weighted by Gasteiger charge is -2.05. The maximum Gasteiger partial charge on any atom is 0.148 e. The highest BCUT2D eigenvalue weighted by Crippen LogP contribution is 2.02. The van der Waals surface area contributed by atoms with Crippen molar-refractivity contribution in [2.75, 3.05) is 13.1 Å². The Kier molecular flexibility index (Phi) is 1.92. The second-order valence-corrected chi connectivity index (χ2v) is 2.36. The smallest absolute Gasteiger partial charge is 0.148 e. The molecule has 0 aromatic rings. The van der Waals surface area contributed by atoms with Gasteiger partial charge in [0, 0.05) is 5.92 Å². The van der Waals surface area contributed by atoms with Gasteiger partial charge in [-0.1, -0.05) is 13.8 Å². The SMILES string of the molecule is CC(C)C1=NCCN=N1. The zero-order chi connectivity index (χ0) is 6.69. The minimum Gasteiger partial charge on any atom is -0.267 e. The van der Waals surface area contributed by atoms with Gasteiger partial charge in [-0.05, 0) is 0 Å². The molecule has 0 bridgehead atoms. The third-order valence-corrected chi connectivity index (χ3v) is 1.16. The normalized spacial score (nSPS) is 18.3. The van der Waals surface area contributed by atoms with E-state index in [2.05, 4.69) is 29.1 Å². The van der Waals surface area contributed by atoms with Crippen LogP contribution in [-0.4, -0.2) is 18.9 Å². The van der Waals surface area contributed by atoms with E-state index in [0.29, 0.717) is 5.92 Å². The molecule has 0 aromatic heterocycles. The zero-order valence-corrected chi connectivity index (χ0v) is 5.83. The number of hydrogen-bond donors (Lipinski definition) is 0. The van der Waals surface area contributed by atoms with Crippen LogP contribution in [0.5, 0.6) is 0 Å². The van der Waals surface area contributed by atoms with E-state index < -0.39 is 0 Å². The predicted molar refractivity (Wildman–Crippen MR) is 36.9 cm³/mol. The Morgan fingerprint density at radius 2 is 2.11 bits per heavy atom. The molecule has 0 aliphatic carbocycles. The van der Waals surface area contributed by atoms with E-state index in [1.165, 1.54) is 0 Å². The van der Waals surface area contributed by atoms with Gasteiger partial charge in [-0.25, -0.2) is 0 Å². The first-order chi connectivity index (χ1) is 4.30. The van der Waals surface area contributed by atoms with Crippen molar-refractivity contribution in [3.63, 3.8) is 0 Å². The summed E-state index contributed by atoms with van der Waals surface area (Å²) in [7, 11) is 0. The van der Waals surface area contributed by atoms with Crippen LogP contribution in [0.2, 0.25) is 0 Å². The van der Waals surface area contributed by atoms with Crippen molar-refractivity contribution < 1.29 is 0 Å². The Morgan fingerprint density at radius 3 is 2.44 bits per heavy atom. The minimum atomic E-state index is 0.425. The topological polar surface area (TPSA) is 37.1 Å². The standard InChI is InChI=1S/C6H11N3/c1-5(2)6-7-3-4-8-9-6/h5H,3-4H2,1-2H3. The predicted octanol–water partition coefficient (Wildman–Crippen LogP) is 1.51. The molecule has 3 heteroatoms. The molecule has 0 aromatic carbocycles. The molecule has 9 heavy (non-hydrogen) atoms. The largest absolute Gasteiger partial charge is 0.267 e. The Morgan fingerprint density at radius 1 is 1.33 bits per heavy atom. The lowest BCUT2D eigenvalue weighted by Crippen LogP contribution is -2.09. The van der Waals surface area contributed by atoms with Crippen LogP contribution in [0.1, 0.15) is 13.8 Å². The van der Waals surface area contributed by atoms with Crippen molar-refractivity contribution in [2.24, 2.45) is 21.1 Å². The fourth-order valence-corrected chi connectivity index (χ4v) is 0.661. The van der Waals surface area contributed by atoms with Crippen LogP contribution < -0.4 is 0 Å². The number of azo groups is 1. The van der Waals surface area contributed by atoms with Gasteiger partial charge in [-0.15, -0.1) is 5.11 Å². The Balaban J connectivity index is 2.58. The molecule has 1 rings (SSSR count). The van der Waals surface area contributed by atoms with Crippen molar-refractivity contribution in [3.8, 4) is 0 Å². The molecule has 50 valence electrons. The molecular formula is C6H11N3. The van der Waals surface area contributed by atoms with Crippen molar-refractivity contribution in [1.82, 2.24) is 0 Å². The molecule has 0 saturated carbocycles. The van der Waals surface area contributed by atoms with Crippen LogP contribution >= 0.6 is 0 Å². The molecule has 1 heterocycles. The summed E-state index contributed by atoms with van der Waals surface area (Å²) in [6.07, 6.45) is 0. The molecule has 0 amide bonds. The van der Waals surface area contributed by atoms with Crippen molar-refractivity contribution in [3.05, 3.63) is 0 Å². The van der Waals surface area contributed by atoms with Gasteiger partial charge >= 0.3 is 0 Å². The molecule has 0 radical (unpaired) electrons. The number of aliphatic imine (C=N–C) groups is 1. The average molecular weight is 125 g/mol. The van der Waals surface area contributed by atoms with Crippen molar-refractivity contribution in [2.45, 2.75) is 13.8 Å². The van der Waals surface area contributed by atoms with Crippen molar-refractivity contribution >= 4 is 5.84 Å². The summed E-state index contributed by atoms with van der Waals surface area (Å²) < 4.78 is 0. The summed E-state index contributed by atoms with van der Waals surface area (Å²) in [5.74, 6) is 1.32. The number of hydrogen-bond acceptors (Lipinski definition) is 3. The molecule has 0 atom stereocenters. The number of nitrogens with zero attached hydrogens (tertiary/aromatic N) is 3. The minimum absolute atomic E-state index is 0.425. The first-order valence-electron chi connectivity index (χ1n) is 3.22. The van der Waals surface area contributed by atoms with Gasteiger partial charge in [0.2, 0.25) is 0 Å². The van der Waals surface area contributed by atoms with Gasteiger partial charge in [0.15, 0.2) is 0 Å². The molecule has 3 nitrogen and oxygen atoms in total. The van der Waals surface area contributed by atoms with Gasteiger partial charge in [-0.2, -0.15) is 5.11 Å². The number of rotatable bonds is 1. The van der Waals surface area contributed by atoms with Crippen LogP contribution in [0.4, 0.5) is 0 Å². The summed E-state index contributed by atoms with van der Waals surface area (Å²) in [6.45, 7) is 5.72. The van der Waals surface area contributed by atoms with E-state index in [1.807, 2.05) is 0 Å². The molecule has 1 aliphatic rings. The van der Waals surface area contributed by atoms with Crippen LogP contribution in [0.25, 0.3) is 0 Å². The van der Waals surface area contributed by atoms with Gasteiger partial charge in [0.25, 0.3) is 0 Å². The highest BCUT2D eigenvalue weighted by atomic mass is 15.2. The first-order valence-corrected chi connectivity index (χ1v) is 3.22. The Bertz CT molecular complexity index is 146. The summed E-state index contributed by atoms with van der Waals surface area (Å²) in [4.78, 5) is 4.19. The van der Waals surface area contributed by atoms with E-state index in [0.717, 1.165) is 18.9 Å². The Labute approximate surface area is 54.9 Å². The molecular weight excluding hydrogens is 114 g/mol. The second-order valence-electron chi connectivity index (χ2n) is 2.36. The summed E-state index contributed by atoms with van der Waals surface area (Å²) in [5, 5.41) is 7.78. The lowest BCUT2D eigenvalue weighted by molar-refractivity contribution is 0.794. The van der Waals surface area contributed by atoms with Crippen LogP contribution in [0, 0.1) is 5.92 Å². The third kappa shape index (κ3) is 1.59. The monoisotopic (exact) mass is 125 g/mol. The fourth-order valence-electron chi connectivity index (χ4n) is 0.661. The van der Waals surface area contributed by atoms with E-state index in [1.54, 1.807) is 0 Å². The van der Waals surface area contributed by atoms with Gasteiger partial charge in [0.1, 0.15) is 5.84 Å². The maximum absolute atomic E-state index is 4.19. The van der Waals surface area contributed by atoms with E-state index in [-0.39, 0.29) is 0 Å². The van der Waals surface area contributed by atoms with E-state index >= 15 is 0 Å². The lowest BCUT2D eigenvalue weighted by atomic mass is 10.2. The molecule has 0 unspecified atom stereocenters. The third-order valence-electron chi connectivity index (χ3n) is 1.16. The van der Waals surface area contributed by atoms with Crippen LogP contribution in [-0.2, 0) is 0 Å². The van der Waals surface area contributed by atoms with Gasteiger partial charge in [0.05, 0.1) is 13.1 Å². The van der Waals surface area contributed by atoms with Gasteiger partial charge < -0.3 is 0 Å². The zero-order valence-electron chi connectivity index (χ0n) is 5.83. The average Bonchev–Trinajstić information content (AvgIpc) is 1.90. The molecule has 0 fully saturated rings. The van der Waals surface area contributed by atoms with Crippen LogP contribution in [0.15, 0.2) is 15.2 Å². The Hall–Kier alpha value is -0.730. The maximum atomic E-state index is 4.19. The van der Waals surface area contributed by atoms with Crippen molar-refractivity contribution in [1.29, 1.82) is 0 Å². The molecule has 0 saturated heterocycles. The molecule has 0 N–H and O–H groups in total. The number of amidine groups is 1. The summed E-state index contributed by atoms with van der Waals surface area (Å²) in [5.41, 5.74) is 0. The fraction of sp³-hybridized carbons (Fsp3) is 0.833.